The molecule has 2 unspecified atom stereocenters. The van der Waals surface area contributed by atoms with Gasteiger partial charge in [-0.3, -0.25) is 4.79 Å². The smallest absolute Gasteiger partial charge is 0.309 e. The highest BCUT2D eigenvalue weighted by Gasteiger charge is 2.26. The first-order valence-electron chi connectivity index (χ1n) is 5.93. The van der Waals surface area contributed by atoms with Gasteiger partial charge in [0.2, 0.25) is 0 Å². The summed E-state index contributed by atoms with van der Waals surface area (Å²) < 4.78 is 0. The van der Waals surface area contributed by atoms with Crippen LogP contribution in [-0.4, -0.2) is 36.8 Å². The third kappa shape index (κ3) is 2.97. The summed E-state index contributed by atoms with van der Waals surface area (Å²) in [5.41, 5.74) is 1.09. The molecule has 0 amide bonds. The standard InChI is InChI=1S/C13H18N2O2/c1-10-8-15(12-5-3-2-4-6-12)9-11(7-14-10)13(16)17/h2-6,10-11,14H,7-9H2,1H3,(H,16,17). The Kier molecular flexibility index (Phi) is 3.64. The molecule has 0 spiro atoms. The van der Waals surface area contributed by atoms with Gasteiger partial charge >= 0.3 is 5.97 Å². The first-order chi connectivity index (χ1) is 8.16. The molecule has 1 aliphatic rings. The minimum Gasteiger partial charge on any atom is -0.481 e. The molecule has 0 radical (unpaired) electrons. The molecule has 1 aromatic carbocycles. The Hall–Kier alpha value is -1.55. The summed E-state index contributed by atoms with van der Waals surface area (Å²) >= 11 is 0. The number of benzene rings is 1. The molecule has 0 aromatic heterocycles. The average molecular weight is 234 g/mol. The Morgan fingerprint density at radius 3 is 2.71 bits per heavy atom. The van der Waals surface area contributed by atoms with Crippen LogP contribution in [0.15, 0.2) is 30.3 Å². The van der Waals surface area contributed by atoms with Crippen molar-refractivity contribution in [1.82, 2.24) is 5.32 Å². The maximum absolute atomic E-state index is 11.1. The van der Waals surface area contributed by atoms with Crippen LogP contribution in [0.1, 0.15) is 6.92 Å². The van der Waals surface area contributed by atoms with E-state index in [0.29, 0.717) is 19.1 Å². The second-order valence-electron chi connectivity index (χ2n) is 4.58. The van der Waals surface area contributed by atoms with Gasteiger partial charge in [0, 0.05) is 31.4 Å². The van der Waals surface area contributed by atoms with Gasteiger partial charge in [0.25, 0.3) is 0 Å². The number of hydrogen-bond acceptors (Lipinski definition) is 3. The van der Waals surface area contributed by atoms with Gasteiger partial charge in [-0.2, -0.15) is 0 Å². The van der Waals surface area contributed by atoms with E-state index in [4.69, 9.17) is 5.11 Å². The fourth-order valence-electron chi connectivity index (χ4n) is 2.16. The molecule has 4 nitrogen and oxygen atoms in total. The lowest BCUT2D eigenvalue weighted by atomic mass is 10.1. The van der Waals surface area contributed by atoms with Gasteiger partial charge in [-0.1, -0.05) is 18.2 Å². The van der Waals surface area contributed by atoms with Gasteiger partial charge in [0.1, 0.15) is 0 Å². The van der Waals surface area contributed by atoms with Gasteiger partial charge in [-0.25, -0.2) is 0 Å². The summed E-state index contributed by atoms with van der Waals surface area (Å²) in [7, 11) is 0. The minimum absolute atomic E-state index is 0.305. The van der Waals surface area contributed by atoms with E-state index in [1.54, 1.807) is 0 Å². The largest absolute Gasteiger partial charge is 0.481 e. The van der Waals surface area contributed by atoms with Crippen LogP contribution in [-0.2, 0) is 4.79 Å². The lowest BCUT2D eigenvalue weighted by molar-refractivity contribution is -0.141. The fourth-order valence-corrected chi connectivity index (χ4v) is 2.16. The van der Waals surface area contributed by atoms with Crippen molar-refractivity contribution in [3.63, 3.8) is 0 Å². The maximum atomic E-state index is 11.1. The highest BCUT2D eigenvalue weighted by Crippen LogP contribution is 2.17. The molecule has 2 N–H and O–H groups in total. The van der Waals surface area contributed by atoms with E-state index in [2.05, 4.69) is 17.1 Å². The van der Waals surface area contributed by atoms with E-state index in [1.807, 2.05) is 30.3 Å². The molecule has 92 valence electrons. The van der Waals surface area contributed by atoms with Gasteiger partial charge in [-0.05, 0) is 19.1 Å². The van der Waals surface area contributed by atoms with Crippen LogP contribution in [0.2, 0.25) is 0 Å². The summed E-state index contributed by atoms with van der Waals surface area (Å²) in [5, 5.41) is 12.4. The van der Waals surface area contributed by atoms with Crippen LogP contribution in [0.3, 0.4) is 0 Å². The van der Waals surface area contributed by atoms with E-state index in [9.17, 15) is 4.79 Å². The van der Waals surface area contributed by atoms with Crippen molar-refractivity contribution >= 4 is 11.7 Å². The zero-order valence-corrected chi connectivity index (χ0v) is 9.97. The molecule has 2 rings (SSSR count). The van der Waals surface area contributed by atoms with Gasteiger partial charge in [0.05, 0.1) is 5.92 Å². The van der Waals surface area contributed by atoms with Gasteiger partial charge in [0.15, 0.2) is 0 Å². The SMILES string of the molecule is CC1CN(c2ccccc2)CC(C(=O)O)CN1. The quantitative estimate of drug-likeness (QED) is 0.807. The van der Waals surface area contributed by atoms with E-state index >= 15 is 0 Å². The van der Waals surface area contributed by atoms with Crippen molar-refractivity contribution in [2.24, 2.45) is 5.92 Å². The van der Waals surface area contributed by atoms with E-state index in [0.717, 1.165) is 12.2 Å². The topological polar surface area (TPSA) is 52.6 Å². The van der Waals surface area contributed by atoms with Crippen molar-refractivity contribution in [3.05, 3.63) is 30.3 Å². The lowest BCUT2D eigenvalue weighted by Crippen LogP contribution is -2.35. The minimum atomic E-state index is -0.729. The fraction of sp³-hybridized carbons (Fsp3) is 0.462. The van der Waals surface area contributed by atoms with Crippen LogP contribution in [0.25, 0.3) is 0 Å². The Bertz CT molecular complexity index is 380. The van der Waals surface area contributed by atoms with Crippen LogP contribution >= 0.6 is 0 Å². The molecule has 4 heteroatoms. The van der Waals surface area contributed by atoms with Gasteiger partial charge < -0.3 is 15.3 Å². The molecule has 1 fully saturated rings. The summed E-state index contributed by atoms with van der Waals surface area (Å²) in [6.07, 6.45) is 0. The second kappa shape index (κ2) is 5.19. The molecular weight excluding hydrogens is 216 g/mol. The van der Waals surface area contributed by atoms with E-state index in [-0.39, 0.29) is 5.92 Å². The number of para-hydroxylation sites is 1. The normalized spacial score (nSPS) is 25.4. The van der Waals surface area contributed by atoms with Crippen LogP contribution in [0.5, 0.6) is 0 Å². The van der Waals surface area contributed by atoms with Crippen molar-refractivity contribution < 1.29 is 9.90 Å². The summed E-state index contributed by atoms with van der Waals surface area (Å²) in [4.78, 5) is 13.3. The highest BCUT2D eigenvalue weighted by atomic mass is 16.4. The van der Waals surface area contributed by atoms with Crippen molar-refractivity contribution in [2.45, 2.75) is 13.0 Å². The van der Waals surface area contributed by atoms with Crippen LogP contribution in [0.4, 0.5) is 5.69 Å². The molecule has 1 aromatic rings. The van der Waals surface area contributed by atoms with Crippen molar-refractivity contribution in [2.75, 3.05) is 24.5 Å². The summed E-state index contributed by atoms with van der Waals surface area (Å²) in [6, 6.07) is 10.3. The highest BCUT2D eigenvalue weighted by molar-refractivity contribution is 5.71. The number of nitrogens with one attached hydrogen (secondary N) is 1. The predicted molar refractivity (Wildman–Crippen MR) is 67.2 cm³/mol. The molecule has 0 bridgehead atoms. The first-order valence-corrected chi connectivity index (χ1v) is 5.93. The number of nitrogens with zero attached hydrogens (tertiary/aromatic N) is 1. The lowest BCUT2D eigenvalue weighted by Gasteiger charge is -2.25. The van der Waals surface area contributed by atoms with Gasteiger partial charge in [-0.15, -0.1) is 0 Å². The third-order valence-corrected chi connectivity index (χ3v) is 3.12. The summed E-state index contributed by atoms with van der Waals surface area (Å²) in [5.74, 6) is -1.08. The zero-order valence-electron chi connectivity index (χ0n) is 9.97. The van der Waals surface area contributed by atoms with Crippen molar-refractivity contribution in [1.29, 1.82) is 0 Å². The Balaban J connectivity index is 2.17. The monoisotopic (exact) mass is 234 g/mol. The molecule has 1 saturated heterocycles. The zero-order chi connectivity index (χ0) is 12.3. The predicted octanol–water partition coefficient (Wildman–Crippen LogP) is 1.19. The van der Waals surface area contributed by atoms with Crippen molar-refractivity contribution in [3.8, 4) is 0 Å². The molecule has 2 atom stereocenters. The summed E-state index contributed by atoms with van der Waals surface area (Å²) in [6.45, 7) is 4.03. The first kappa shape index (κ1) is 11.9. The molecule has 1 heterocycles. The van der Waals surface area contributed by atoms with E-state index < -0.39 is 5.97 Å². The molecular formula is C13H18N2O2. The molecule has 17 heavy (non-hydrogen) atoms. The molecule has 0 aliphatic carbocycles. The molecule has 1 aliphatic heterocycles. The third-order valence-electron chi connectivity index (χ3n) is 3.12. The molecule has 0 saturated carbocycles. The van der Waals surface area contributed by atoms with E-state index in [1.165, 1.54) is 0 Å². The number of aliphatic carboxylic acids is 1. The Morgan fingerprint density at radius 2 is 2.06 bits per heavy atom. The number of anilines is 1. The Labute approximate surface area is 101 Å². The number of carboxylic acids is 1. The number of hydrogen-bond donors (Lipinski definition) is 2. The average Bonchev–Trinajstić information content (AvgIpc) is 2.52. The van der Waals surface area contributed by atoms with Crippen LogP contribution < -0.4 is 10.2 Å². The number of rotatable bonds is 2. The number of carbonyl (C=O) groups is 1. The number of carboxylic acid groups (broad SMARTS) is 1. The van der Waals surface area contributed by atoms with Crippen LogP contribution in [0, 0.1) is 5.92 Å². The second-order valence-corrected chi connectivity index (χ2v) is 4.58. The Morgan fingerprint density at radius 1 is 1.35 bits per heavy atom. The maximum Gasteiger partial charge on any atom is 0.309 e.